The highest BCUT2D eigenvalue weighted by molar-refractivity contribution is 7.90. The molecule has 2 amide bonds. The van der Waals surface area contributed by atoms with Gasteiger partial charge in [0, 0.05) is 56.7 Å². The number of nitrogens with one attached hydrogen (secondary N) is 1. The Morgan fingerprint density at radius 1 is 0.956 bits per heavy atom. The maximum Gasteiger partial charge on any atom is 0.270 e. The van der Waals surface area contributed by atoms with Gasteiger partial charge in [0.15, 0.2) is 15.6 Å². The van der Waals surface area contributed by atoms with Gasteiger partial charge in [0.1, 0.15) is 11.9 Å². The van der Waals surface area contributed by atoms with Crippen LogP contribution in [0.2, 0.25) is 0 Å². The monoisotopic (exact) mass is 631 g/mol. The molecule has 234 valence electrons. The van der Waals surface area contributed by atoms with E-state index in [2.05, 4.69) is 16.4 Å². The number of hydrogen-bond acceptors (Lipinski definition) is 8. The fourth-order valence-electron chi connectivity index (χ4n) is 5.74. The molecule has 1 N–H and O–H groups in total. The molecule has 2 aliphatic rings. The van der Waals surface area contributed by atoms with Crippen LogP contribution in [0.25, 0.3) is 0 Å². The molecule has 2 aromatic carbocycles. The summed E-state index contributed by atoms with van der Waals surface area (Å²) in [6, 6.07) is 17.5. The van der Waals surface area contributed by atoms with Gasteiger partial charge in [0.2, 0.25) is 0 Å². The molecule has 0 aliphatic carbocycles. The standard InChI is InChI=1S/C33H34FN5O5S/c1-45(43,44)27-9-6-24(7-10-27)31(40)25-12-16-39(17-13-25)33(42)26-8-11-30(36-19-26)32(41)37-29-14-15-38(21-28(29)34)20-23-4-2-22(18-35)3-5-23/h2-11,19,25,28-29H,12-17,20-21H2,1H3,(H,37,41). The Hall–Kier alpha value is -4.47. The summed E-state index contributed by atoms with van der Waals surface area (Å²) in [7, 11) is -3.35. The van der Waals surface area contributed by atoms with Crippen molar-refractivity contribution in [1.82, 2.24) is 20.1 Å². The zero-order valence-corrected chi connectivity index (χ0v) is 25.7. The van der Waals surface area contributed by atoms with Crippen LogP contribution >= 0.6 is 0 Å². The third-order valence-corrected chi connectivity index (χ3v) is 9.52. The molecule has 1 aromatic heterocycles. The number of Topliss-reactive ketones (excluding diaryl/α,β-unsaturated/α-hetero) is 1. The van der Waals surface area contributed by atoms with Crippen LogP contribution in [0.15, 0.2) is 71.8 Å². The van der Waals surface area contributed by atoms with Gasteiger partial charge in [-0.3, -0.25) is 24.3 Å². The first-order valence-electron chi connectivity index (χ1n) is 14.8. The summed E-state index contributed by atoms with van der Waals surface area (Å²) < 4.78 is 38.4. The van der Waals surface area contributed by atoms with Crippen molar-refractivity contribution in [2.75, 3.05) is 32.4 Å². The molecule has 2 aliphatic heterocycles. The predicted octanol–water partition coefficient (Wildman–Crippen LogP) is 3.43. The molecular formula is C33H34FN5O5S. The maximum atomic E-state index is 15.0. The van der Waals surface area contributed by atoms with Crippen molar-refractivity contribution in [3.8, 4) is 6.07 Å². The fraction of sp³-hybridized carbons (Fsp3) is 0.364. The molecule has 45 heavy (non-hydrogen) atoms. The quantitative estimate of drug-likeness (QED) is 0.373. The van der Waals surface area contributed by atoms with Crippen molar-refractivity contribution in [2.45, 2.75) is 42.9 Å². The summed E-state index contributed by atoms with van der Waals surface area (Å²) in [4.78, 5) is 46.8. The number of carbonyl (C=O) groups is 3. The molecule has 5 rings (SSSR count). The minimum atomic E-state index is -3.35. The number of rotatable bonds is 8. The van der Waals surface area contributed by atoms with Crippen LogP contribution in [0.4, 0.5) is 4.39 Å². The molecule has 0 saturated carbocycles. The summed E-state index contributed by atoms with van der Waals surface area (Å²) >= 11 is 0. The van der Waals surface area contributed by atoms with E-state index < -0.39 is 28.0 Å². The summed E-state index contributed by atoms with van der Waals surface area (Å²) in [6.07, 6.45) is 2.58. The number of alkyl halides is 1. The van der Waals surface area contributed by atoms with Gasteiger partial charge in [-0.2, -0.15) is 5.26 Å². The Morgan fingerprint density at radius 2 is 1.62 bits per heavy atom. The van der Waals surface area contributed by atoms with E-state index in [4.69, 9.17) is 5.26 Å². The normalized spacial score (nSPS) is 19.4. The average Bonchev–Trinajstić information content (AvgIpc) is 3.05. The molecule has 2 fully saturated rings. The second-order valence-electron chi connectivity index (χ2n) is 11.6. The van der Waals surface area contributed by atoms with Gasteiger partial charge in [0.05, 0.1) is 28.1 Å². The van der Waals surface area contributed by atoms with E-state index in [-0.39, 0.29) is 34.7 Å². The minimum Gasteiger partial charge on any atom is -0.345 e. The lowest BCUT2D eigenvalue weighted by Gasteiger charge is -2.35. The van der Waals surface area contributed by atoms with Crippen LogP contribution in [-0.4, -0.2) is 85.4 Å². The van der Waals surface area contributed by atoms with E-state index in [1.807, 2.05) is 17.0 Å². The largest absolute Gasteiger partial charge is 0.345 e. The first-order valence-corrected chi connectivity index (χ1v) is 16.7. The fourth-order valence-corrected chi connectivity index (χ4v) is 6.37. The summed E-state index contributed by atoms with van der Waals surface area (Å²) in [5.41, 5.74) is 2.40. The van der Waals surface area contributed by atoms with E-state index in [1.54, 1.807) is 17.0 Å². The van der Waals surface area contributed by atoms with Gasteiger partial charge in [-0.15, -0.1) is 0 Å². The lowest BCUT2D eigenvalue weighted by molar-refractivity contribution is 0.0649. The summed E-state index contributed by atoms with van der Waals surface area (Å²) in [6.45, 7) is 2.08. The highest BCUT2D eigenvalue weighted by atomic mass is 32.2. The number of nitriles is 1. The topological polar surface area (TPSA) is 141 Å². The van der Waals surface area contributed by atoms with E-state index >= 15 is 0 Å². The van der Waals surface area contributed by atoms with Crippen LogP contribution in [0.1, 0.15) is 61.6 Å². The van der Waals surface area contributed by atoms with E-state index in [0.29, 0.717) is 62.1 Å². The van der Waals surface area contributed by atoms with Crippen LogP contribution < -0.4 is 5.32 Å². The van der Waals surface area contributed by atoms with Gasteiger partial charge >= 0.3 is 0 Å². The number of nitrogens with zero attached hydrogens (tertiary/aromatic N) is 4. The SMILES string of the molecule is CS(=O)(=O)c1ccc(C(=O)C2CCN(C(=O)c3ccc(C(=O)NC4CCN(Cc5ccc(C#N)cc5)CC4F)nc3)CC2)cc1. The zero-order chi connectivity index (χ0) is 32.1. The van der Waals surface area contributed by atoms with Crippen molar-refractivity contribution in [3.05, 3.63) is 94.8 Å². The van der Waals surface area contributed by atoms with Crippen molar-refractivity contribution >= 4 is 27.4 Å². The van der Waals surface area contributed by atoms with Gasteiger partial charge < -0.3 is 10.2 Å². The number of amides is 2. The lowest BCUT2D eigenvalue weighted by atomic mass is 9.88. The number of piperidine rings is 2. The number of aromatic nitrogens is 1. The van der Waals surface area contributed by atoms with Crippen LogP contribution in [0.5, 0.6) is 0 Å². The number of likely N-dealkylation sites (tertiary alicyclic amines) is 2. The lowest BCUT2D eigenvalue weighted by Crippen LogP contribution is -2.52. The van der Waals surface area contributed by atoms with Gasteiger partial charge in [0.25, 0.3) is 11.8 Å². The third-order valence-electron chi connectivity index (χ3n) is 8.39. The van der Waals surface area contributed by atoms with Gasteiger partial charge in [-0.25, -0.2) is 12.8 Å². The van der Waals surface area contributed by atoms with Crippen molar-refractivity contribution in [2.24, 2.45) is 5.92 Å². The highest BCUT2D eigenvalue weighted by Crippen LogP contribution is 2.24. The number of carbonyl (C=O) groups excluding carboxylic acids is 3. The second-order valence-corrected chi connectivity index (χ2v) is 13.6. The first kappa shape index (κ1) is 31.9. The van der Waals surface area contributed by atoms with Gasteiger partial charge in [-0.05, 0) is 61.2 Å². The minimum absolute atomic E-state index is 0.0771. The summed E-state index contributed by atoms with van der Waals surface area (Å²) in [5, 5.41) is 11.7. The molecule has 10 nitrogen and oxygen atoms in total. The van der Waals surface area contributed by atoms with Crippen molar-refractivity contribution < 1.29 is 27.2 Å². The molecule has 2 unspecified atom stereocenters. The molecule has 2 saturated heterocycles. The summed E-state index contributed by atoms with van der Waals surface area (Å²) in [5.74, 6) is -1.11. The number of benzene rings is 2. The first-order chi connectivity index (χ1) is 21.5. The molecule has 3 heterocycles. The van der Waals surface area contributed by atoms with Crippen LogP contribution in [0, 0.1) is 17.2 Å². The second kappa shape index (κ2) is 13.7. The Morgan fingerprint density at radius 3 is 2.20 bits per heavy atom. The molecule has 3 aromatic rings. The van der Waals surface area contributed by atoms with E-state index in [0.717, 1.165) is 11.8 Å². The highest BCUT2D eigenvalue weighted by Gasteiger charge is 2.32. The number of sulfone groups is 1. The molecule has 2 atom stereocenters. The van der Waals surface area contributed by atoms with Gasteiger partial charge in [-0.1, -0.05) is 24.3 Å². The molecule has 0 spiro atoms. The number of pyridine rings is 1. The number of ketones is 1. The molecule has 0 bridgehead atoms. The number of halogens is 1. The smallest absolute Gasteiger partial charge is 0.270 e. The van der Waals surface area contributed by atoms with Crippen molar-refractivity contribution in [1.29, 1.82) is 5.26 Å². The average molecular weight is 632 g/mol. The van der Waals surface area contributed by atoms with Crippen LogP contribution in [0.3, 0.4) is 0 Å². The Bertz CT molecular complexity index is 1700. The molecular weight excluding hydrogens is 597 g/mol. The third kappa shape index (κ3) is 7.79. The Kier molecular flexibility index (Phi) is 9.70. The molecule has 0 radical (unpaired) electrons. The predicted molar refractivity (Wildman–Crippen MR) is 164 cm³/mol. The Balaban J connectivity index is 1.09. The molecule has 12 heteroatoms. The zero-order valence-electron chi connectivity index (χ0n) is 24.9. The Labute approximate surface area is 261 Å². The van der Waals surface area contributed by atoms with Crippen LogP contribution in [-0.2, 0) is 16.4 Å². The van der Waals surface area contributed by atoms with E-state index in [1.165, 1.54) is 42.6 Å². The van der Waals surface area contributed by atoms with Crippen molar-refractivity contribution in [3.63, 3.8) is 0 Å². The number of hydrogen-bond donors (Lipinski definition) is 1. The van der Waals surface area contributed by atoms with E-state index in [9.17, 15) is 27.2 Å². The maximum absolute atomic E-state index is 15.0.